The maximum absolute atomic E-state index is 9.28. The monoisotopic (exact) mass is 361 g/mol. The lowest BCUT2D eigenvalue weighted by molar-refractivity contribution is 0.115. The van der Waals surface area contributed by atoms with Crippen molar-refractivity contribution in [2.75, 3.05) is 34.5 Å². The van der Waals surface area contributed by atoms with E-state index in [0.29, 0.717) is 30.1 Å². The molecule has 0 aliphatic carbocycles. The first kappa shape index (κ1) is 20.0. The van der Waals surface area contributed by atoms with Crippen molar-refractivity contribution in [3.8, 4) is 28.4 Å². The Labute approximate surface area is 154 Å². The summed E-state index contributed by atoms with van der Waals surface area (Å²) in [6, 6.07) is 11.8. The Morgan fingerprint density at radius 1 is 0.846 bits per heavy atom. The van der Waals surface area contributed by atoms with E-state index in [2.05, 4.69) is 0 Å². The lowest BCUT2D eigenvalue weighted by Crippen LogP contribution is -2.47. The molecule has 0 heterocycles. The van der Waals surface area contributed by atoms with Crippen LogP contribution in [-0.4, -0.2) is 50.3 Å². The van der Waals surface area contributed by atoms with Gasteiger partial charge in [-0.1, -0.05) is 24.3 Å². The Bertz CT molecular complexity index is 711. The van der Waals surface area contributed by atoms with Crippen LogP contribution in [0.3, 0.4) is 0 Å². The molecule has 0 saturated carbocycles. The molecule has 0 radical (unpaired) electrons. The van der Waals surface area contributed by atoms with Crippen LogP contribution in [0.15, 0.2) is 36.4 Å². The molecule has 2 aromatic carbocycles. The van der Waals surface area contributed by atoms with Gasteiger partial charge in [-0.2, -0.15) is 0 Å². The molecule has 0 atom stereocenters. The van der Waals surface area contributed by atoms with Gasteiger partial charge in [0.25, 0.3) is 0 Å². The minimum Gasteiger partial charge on any atom is -0.493 e. The van der Waals surface area contributed by atoms with E-state index in [1.54, 1.807) is 21.3 Å². The third kappa shape index (κ3) is 4.27. The number of aliphatic hydroxyl groups excluding tert-OH is 2. The molecule has 0 saturated heterocycles. The zero-order chi connectivity index (χ0) is 19.2. The predicted octanol–water partition coefficient (Wildman–Crippen LogP) is 1.99. The van der Waals surface area contributed by atoms with Crippen LogP contribution in [-0.2, 0) is 6.42 Å². The maximum Gasteiger partial charge on any atom is 0.203 e. The summed E-state index contributed by atoms with van der Waals surface area (Å²) < 4.78 is 16.3. The first-order valence-corrected chi connectivity index (χ1v) is 8.40. The Kier molecular flexibility index (Phi) is 6.85. The molecular formula is C20H27NO5. The number of rotatable bonds is 9. The molecule has 0 bridgehead atoms. The SMILES string of the molecule is COc1ccc(-c2ccc(CCC(N)(CO)CO)cc2)c(OC)c1OC. The van der Waals surface area contributed by atoms with E-state index in [1.165, 1.54) is 0 Å². The van der Waals surface area contributed by atoms with Gasteiger partial charge in [0, 0.05) is 5.56 Å². The van der Waals surface area contributed by atoms with Crippen LogP contribution in [0.5, 0.6) is 17.2 Å². The number of hydrogen-bond acceptors (Lipinski definition) is 6. The zero-order valence-electron chi connectivity index (χ0n) is 15.5. The number of ether oxygens (including phenoxy) is 3. The topological polar surface area (TPSA) is 94.2 Å². The molecule has 0 aromatic heterocycles. The molecule has 6 heteroatoms. The maximum atomic E-state index is 9.28. The summed E-state index contributed by atoms with van der Waals surface area (Å²) in [4.78, 5) is 0. The number of aliphatic hydroxyl groups is 2. The minimum atomic E-state index is -0.953. The van der Waals surface area contributed by atoms with E-state index in [-0.39, 0.29) is 13.2 Å². The van der Waals surface area contributed by atoms with E-state index in [0.717, 1.165) is 16.7 Å². The molecule has 2 rings (SSSR count). The van der Waals surface area contributed by atoms with Gasteiger partial charge in [-0.3, -0.25) is 0 Å². The molecule has 142 valence electrons. The molecular weight excluding hydrogens is 334 g/mol. The van der Waals surface area contributed by atoms with Crippen LogP contribution >= 0.6 is 0 Å². The van der Waals surface area contributed by atoms with Gasteiger partial charge in [-0.25, -0.2) is 0 Å². The summed E-state index contributed by atoms with van der Waals surface area (Å²) in [6.07, 6.45) is 1.17. The van der Waals surface area contributed by atoms with Crippen LogP contribution < -0.4 is 19.9 Å². The fourth-order valence-electron chi connectivity index (χ4n) is 2.78. The molecule has 0 aliphatic rings. The van der Waals surface area contributed by atoms with E-state index < -0.39 is 5.54 Å². The Balaban J connectivity index is 2.26. The van der Waals surface area contributed by atoms with Gasteiger partial charge >= 0.3 is 0 Å². The highest BCUT2D eigenvalue weighted by Crippen LogP contribution is 2.44. The van der Waals surface area contributed by atoms with Crippen LogP contribution in [0, 0.1) is 0 Å². The highest BCUT2D eigenvalue weighted by atomic mass is 16.5. The van der Waals surface area contributed by atoms with E-state index in [9.17, 15) is 10.2 Å². The van der Waals surface area contributed by atoms with Crippen LogP contribution in [0.1, 0.15) is 12.0 Å². The smallest absolute Gasteiger partial charge is 0.203 e. The standard InChI is InChI=1S/C20H27NO5/c1-24-17-9-8-16(18(25-2)19(17)26-3)15-6-4-14(5-7-15)10-11-20(21,12-22)13-23/h4-9,22-23H,10-13,21H2,1-3H3. The van der Waals surface area contributed by atoms with E-state index in [4.69, 9.17) is 19.9 Å². The van der Waals surface area contributed by atoms with Crippen molar-refractivity contribution in [2.24, 2.45) is 5.73 Å². The lowest BCUT2D eigenvalue weighted by atomic mass is 9.93. The highest BCUT2D eigenvalue weighted by molar-refractivity contribution is 5.76. The lowest BCUT2D eigenvalue weighted by Gasteiger charge is -2.24. The van der Waals surface area contributed by atoms with Crippen molar-refractivity contribution in [1.82, 2.24) is 0 Å². The third-order valence-electron chi connectivity index (χ3n) is 4.51. The Morgan fingerprint density at radius 3 is 1.96 bits per heavy atom. The van der Waals surface area contributed by atoms with Crippen molar-refractivity contribution < 1.29 is 24.4 Å². The second kappa shape index (κ2) is 8.89. The summed E-state index contributed by atoms with van der Waals surface area (Å²) in [5.74, 6) is 1.77. The average molecular weight is 361 g/mol. The summed E-state index contributed by atoms with van der Waals surface area (Å²) in [6.45, 7) is -0.491. The van der Waals surface area contributed by atoms with Crippen molar-refractivity contribution in [3.63, 3.8) is 0 Å². The average Bonchev–Trinajstić information content (AvgIpc) is 2.71. The van der Waals surface area contributed by atoms with E-state index >= 15 is 0 Å². The largest absolute Gasteiger partial charge is 0.493 e. The molecule has 0 spiro atoms. The quantitative estimate of drug-likeness (QED) is 0.632. The highest BCUT2D eigenvalue weighted by Gasteiger charge is 2.22. The van der Waals surface area contributed by atoms with Gasteiger partial charge in [0.1, 0.15) is 0 Å². The molecule has 2 aromatic rings. The van der Waals surface area contributed by atoms with Crippen LogP contribution in [0.4, 0.5) is 0 Å². The van der Waals surface area contributed by atoms with Crippen molar-refractivity contribution in [1.29, 1.82) is 0 Å². The summed E-state index contributed by atoms with van der Waals surface area (Å²) in [5, 5.41) is 18.6. The van der Waals surface area contributed by atoms with Gasteiger partial charge < -0.3 is 30.2 Å². The van der Waals surface area contributed by atoms with Gasteiger partial charge in [0.15, 0.2) is 11.5 Å². The number of methoxy groups -OCH3 is 3. The van der Waals surface area contributed by atoms with Crippen molar-refractivity contribution >= 4 is 0 Å². The number of benzene rings is 2. The molecule has 0 fully saturated rings. The summed E-state index contributed by atoms with van der Waals surface area (Å²) >= 11 is 0. The molecule has 0 aliphatic heterocycles. The van der Waals surface area contributed by atoms with Gasteiger partial charge in [-0.15, -0.1) is 0 Å². The predicted molar refractivity (Wildman–Crippen MR) is 101 cm³/mol. The first-order chi connectivity index (χ1) is 12.5. The first-order valence-electron chi connectivity index (χ1n) is 8.40. The second-order valence-corrected chi connectivity index (χ2v) is 6.26. The molecule has 4 N–H and O–H groups in total. The fourth-order valence-corrected chi connectivity index (χ4v) is 2.78. The van der Waals surface area contributed by atoms with Crippen molar-refractivity contribution in [3.05, 3.63) is 42.0 Å². The van der Waals surface area contributed by atoms with Crippen molar-refractivity contribution in [2.45, 2.75) is 18.4 Å². The van der Waals surface area contributed by atoms with Crippen LogP contribution in [0.2, 0.25) is 0 Å². The summed E-state index contributed by atoms with van der Waals surface area (Å²) in [5.41, 5.74) is 7.92. The molecule has 0 unspecified atom stereocenters. The number of aryl methyl sites for hydroxylation is 1. The number of nitrogens with two attached hydrogens (primary N) is 1. The fraction of sp³-hybridized carbons (Fsp3) is 0.400. The molecule has 0 amide bonds. The van der Waals surface area contributed by atoms with E-state index in [1.807, 2.05) is 36.4 Å². The Morgan fingerprint density at radius 2 is 1.46 bits per heavy atom. The van der Waals surface area contributed by atoms with Gasteiger partial charge in [0.2, 0.25) is 5.75 Å². The molecule has 26 heavy (non-hydrogen) atoms. The summed E-state index contributed by atoms with van der Waals surface area (Å²) in [7, 11) is 4.76. The second-order valence-electron chi connectivity index (χ2n) is 6.26. The van der Waals surface area contributed by atoms with Gasteiger partial charge in [0.05, 0.1) is 40.1 Å². The third-order valence-corrected chi connectivity index (χ3v) is 4.51. The molecule has 6 nitrogen and oxygen atoms in total. The van der Waals surface area contributed by atoms with Crippen LogP contribution in [0.25, 0.3) is 11.1 Å². The Hall–Kier alpha value is -2.28. The van der Waals surface area contributed by atoms with Gasteiger partial charge in [-0.05, 0) is 36.1 Å². The minimum absolute atomic E-state index is 0.246. The normalized spacial score (nSPS) is 11.3. The number of hydrogen-bond donors (Lipinski definition) is 3. The zero-order valence-corrected chi connectivity index (χ0v) is 15.5.